The Hall–Kier alpha value is -0.790. The van der Waals surface area contributed by atoms with Crippen LogP contribution in [-0.2, 0) is 9.53 Å². The molecule has 86 valence electrons. The van der Waals surface area contributed by atoms with Crippen LogP contribution in [0.15, 0.2) is 12.7 Å². The molecule has 1 rings (SSSR count). The number of esters is 1. The van der Waals surface area contributed by atoms with E-state index in [0.717, 1.165) is 6.42 Å². The summed E-state index contributed by atoms with van der Waals surface area (Å²) < 4.78 is 5.14. The summed E-state index contributed by atoms with van der Waals surface area (Å²) >= 11 is 0. The molecule has 2 heteroatoms. The predicted octanol–water partition coefficient (Wildman–Crippen LogP) is 3.32. The Labute approximate surface area is 92.7 Å². The fraction of sp³-hybridized carbons (Fsp3) is 0.769. The maximum Gasteiger partial charge on any atom is 0.309 e. The minimum absolute atomic E-state index is 0.0238. The molecule has 0 aliphatic heterocycles. The van der Waals surface area contributed by atoms with Crippen LogP contribution < -0.4 is 0 Å². The molecule has 0 radical (unpaired) electrons. The molecule has 0 saturated heterocycles. The lowest BCUT2D eigenvalue weighted by molar-refractivity contribution is -0.149. The maximum atomic E-state index is 11.8. The largest absolute Gasteiger partial charge is 0.461 e. The number of ether oxygens (including phenoxy) is 1. The Bertz CT molecular complexity index is 205. The second kappa shape index (κ2) is 6.65. The average Bonchev–Trinajstić information content (AvgIpc) is 2.29. The number of hydrogen-bond donors (Lipinski definition) is 0. The Morgan fingerprint density at radius 3 is 2.67 bits per heavy atom. The highest BCUT2D eigenvalue weighted by Gasteiger charge is 2.28. The van der Waals surface area contributed by atoms with Gasteiger partial charge < -0.3 is 4.74 Å². The van der Waals surface area contributed by atoms with Crippen molar-refractivity contribution >= 4 is 5.97 Å². The van der Waals surface area contributed by atoms with Crippen molar-refractivity contribution < 1.29 is 9.53 Å². The van der Waals surface area contributed by atoms with Crippen molar-refractivity contribution in [2.45, 2.75) is 45.4 Å². The number of rotatable bonds is 5. The molecule has 0 N–H and O–H groups in total. The smallest absolute Gasteiger partial charge is 0.309 e. The van der Waals surface area contributed by atoms with Crippen LogP contribution in [0.3, 0.4) is 0 Å². The summed E-state index contributed by atoms with van der Waals surface area (Å²) in [4.78, 5) is 11.8. The first-order chi connectivity index (χ1) is 7.29. The van der Waals surface area contributed by atoms with E-state index in [-0.39, 0.29) is 11.9 Å². The highest BCUT2D eigenvalue weighted by Crippen LogP contribution is 2.32. The topological polar surface area (TPSA) is 26.3 Å². The molecule has 0 aromatic rings. The normalized spacial score (nSPS) is 19.5. The van der Waals surface area contributed by atoms with Crippen LogP contribution in [0, 0.1) is 11.8 Å². The van der Waals surface area contributed by atoms with Crippen LogP contribution in [-0.4, -0.2) is 12.6 Å². The van der Waals surface area contributed by atoms with Gasteiger partial charge in [-0.2, -0.15) is 0 Å². The van der Waals surface area contributed by atoms with E-state index in [0.29, 0.717) is 12.5 Å². The highest BCUT2D eigenvalue weighted by atomic mass is 16.5. The predicted molar refractivity (Wildman–Crippen MR) is 61.5 cm³/mol. The van der Waals surface area contributed by atoms with Gasteiger partial charge in [-0.15, -0.1) is 0 Å². The molecule has 2 nitrogen and oxygen atoms in total. The van der Waals surface area contributed by atoms with Crippen LogP contribution in [0.1, 0.15) is 45.4 Å². The van der Waals surface area contributed by atoms with Gasteiger partial charge in [-0.1, -0.05) is 38.8 Å². The van der Waals surface area contributed by atoms with Crippen molar-refractivity contribution in [3.8, 4) is 0 Å². The summed E-state index contributed by atoms with van der Waals surface area (Å²) in [5.41, 5.74) is 0. The zero-order valence-electron chi connectivity index (χ0n) is 9.71. The average molecular weight is 210 g/mol. The molecule has 15 heavy (non-hydrogen) atoms. The maximum absolute atomic E-state index is 11.8. The van der Waals surface area contributed by atoms with Gasteiger partial charge in [0.2, 0.25) is 0 Å². The molecule has 0 aromatic carbocycles. The summed E-state index contributed by atoms with van der Waals surface area (Å²) in [6, 6.07) is 0. The van der Waals surface area contributed by atoms with Crippen molar-refractivity contribution in [1.82, 2.24) is 0 Å². The Morgan fingerprint density at radius 2 is 2.13 bits per heavy atom. The molecule has 0 bridgehead atoms. The number of carbonyl (C=O) groups is 1. The minimum Gasteiger partial charge on any atom is -0.461 e. The van der Waals surface area contributed by atoms with E-state index >= 15 is 0 Å². The standard InChI is InChI=1S/C13H22O2/c1-3-10-15-13(14)12(4-2)11-8-6-5-7-9-11/h3,11-12H,1,4-10H2,2H3. The van der Waals surface area contributed by atoms with Gasteiger partial charge in [-0.3, -0.25) is 4.79 Å². The molecule has 1 atom stereocenters. The van der Waals surface area contributed by atoms with E-state index < -0.39 is 0 Å². The monoisotopic (exact) mass is 210 g/mol. The second-order valence-corrected chi connectivity index (χ2v) is 4.33. The minimum atomic E-state index is -0.0238. The van der Waals surface area contributed by atoms with E-state index in [9.17, 15) is 4.79 Å². The first-order valence-corrected chi connectivity index (χ1v) is 6.07. The summed E-state index contributed by atoms with van der Waals surface area (Å²) in [7, 11) is 0. The quantitative estimate of drug-likeness (QED) is 0.514. The molecule has 0 spiro atoms. The fourth-order valence-corrected chi connectivity index (χ4v) is 2.48. The van der Waals surface area contributed by atoms with E-state index in [1.165, 1.54) is 32.1 Å². The van der Waals surface area contributed by atoms with Crippen molar-refractivity contribution in [3.63, 3.8) is 0 Å². The molecule has 0 amide bonds. The molecule has 1 aliphatic carbocycles. The van der Waals surface area contributed by atoms with Crippen molar-refractivity contribution in [2.24, 2.45) is 11.8 Å². The van der Waals surface area contributed by atoms with Gasteiger partial charge in [0, 0.05) is 0 Å². The zero-order valence-corrected chi connectivity index (χ0v) is 9.71. The van der Waals surface area contributed by atoms with Gasteiger partial charge in [-0.05, 0) is 25.2 Å². The lowest BCUT2D eigenvalue weighted by atomic mass is 9.79. The first kappa shape index (κ1) is 12.3. The van der Waals surface area contributed by atoms with E-state index in [1.807, 2.05) is 0 Å². The van der Waals surface area contributed by atoms with Gasteiger partial charge in [0.1, 0.15) is 6.61 Å². The van der Waals surface area contributed by atoms with Gasteiger partial charge in [-0.25, -0.2) is 0 Å². The Kier molecular flexibility index (Phi) is 5.44. The van der Waals surface area contributed by atoms with Crippen LogP contribution in [0.25, 0.3) is 0 Å². The molecule has 0 aromatic heterocycles. The number of carbonyl (C=O) groups excluding carboxylic acids is 1. The van der Waals surface area contributed by atoms with Gasteiger partial charge in [0.05, 0.1) is 5.92 Å². The van der Waals surface area contributed by atoms with Crippen LogP contribution in [0.4, 0.5) is 0 Å². The molecule has 1 aliphatic rings. The SMILES string of the molecule is C=CCOC(=O)C(CC)C1CCCCC1. The molecular formula is C13H22O2. The summed E-state index contributed by atoms with van der Waals surface area (Å²) in [5, 5.41) is 0. The molecule has 1 fully saturated rings. The molecular weight excluding hydrogens is 188 g/mol. The highest BCUT2D eigenvalue weighted by molar-refractivity contribution is 5.72. The van der Waals surface area contributed by atoms with Gasteiger partial charge in [0.25, 0.3) is 0 Å². The fourth-order valence-electron chi connectivity index (χ4n) is 2.48. The van der Waals surface area contributed by atoms with Gasteiger partial charge in [0.15, 0.2) is 0 Å². The Morgan fingerprint density at radius 1 is 1.47 bits per heavy atom. The molecule has 1 unspecified atom stereocenters. The first-order valence-electron chi connectivity index (χ1n) is 6.07. The van der Waals surface area contributed by atoms with Crippen LogP contribution >= 0.6 is 0 Å². The molecule has 0 heterocycles. The van der Waals surface area contributed by atoms with E-state index in [1.54, 1.807) is 6.08 Å². The van der Waals surface area contributed by atoms with Crippen molar-refractivity contribution in [3.05, 3.63) is 12.7 Å². The third-order valence-electron chi connectivity index (χ3n) is 3.30. The van der Waals surface area contributed by atoms with E-state index in [4.69, 9.17) is 4.74 Å². The third-order valence-corrected chi connectivity index (χ3v) is 3.30. The lowest BCUT2D eigenvalue weighted by Crippen LogP contribution is -2.27. The third kappa shape index (κ3) is 3.69. The van der Waals surface area contributed by atoms with Crippen molar-refractivity contribution in [1.29, 1.82) is 0 Å². The van der Waals surface area contributed by atoms with Crippen LogP contribution in [0.5, 0.6) is 0 Å². The molecule has 1 saturated carbocycles. The second-order valence-electron chi connectivity index (χ2n) is 4.33. The van der Waals surface area contributed by atoms with Crippen LogP contribution in [0.2, 0.25) is 0 Å². The van der Waals surface area contributed by atoms with Crippen molar-refractivity contribution in [2.75, 3.05) is 6.61 Å². The van der Waals surface area contributed by atoms with E-state index in [2.05, 4.69) is 13.5 Å². The summed E-state index contributed by atoms with van der Waals surface area (Å²) in [6.07, 6.45) is 8.80. The lowest BCUT2D eigenvalue weighted by Gasteiger charge is -2.27. The summed E-state index contributed by atoms with van der Waals surface area (Å²) in [5.74, 6) is 0.649. The van der Waals surface area contributed by atoms with Gasteiger partial charge >= 0.3 is 5.97 Å². The number of hydrogen-bond acceptors (Lipinski definition) is 2. The zero-order chi connectivity index (χ0) is 11.1. The Balaban J connectivity index is 2.44. The summed E-state index contributed by atoms with van der Waals surface area (Å²) in [6.45, 7) is 5.98.